The van der Waals surface area contributed by atoms with E-state index in [-0.39, 0.29) is 28.4 Å². The lowest BCUT2D eigenvalue weighted by Gasteiger charge is -2.05. The number of non-ortho nitro benzene ring substituents is 1. The van der Waals surface area contributed by atoms with Crippen molar-refractivity contribution in [2.24, 2.45) is 5.16 Å². The van der Waals surface area contributed by atoms with Crippen molar-refractivity contribution in [3.63, 3.8) is 0 Å². The van der Waals surface area contributed by atoms with E-state index >= 15 is 0 Å². The molecule has 0 aliphatic carbocycles. The van der Waals surface area contributed by atoms with Crippen molar-refractivity contribution in [2.75, 3.05) is 6.61 Å². The lowest BCUT2D eigenvalue weighted by atomic mass is 10.1. The van der Waals surface area contributed by atoms with E-state index in [0.717, 1.165) is 0 Å². The molecular weight excluding hydrogens is 326 g/mol. The number of oxime groups is 1. The summed E-state index contributed by atoms with van der Waals surface area (Å²) in [6, 6.07) is 7.50. The van der Waals surface area contributed by atoms with Crippen LogP contribution in [-0.2, 0) is 4.84 Å². The van der Waals surface area contributed by atoms with Crippen LogP contribution in [0.3, 0.4) is 0 Å². The van der Waals surface area contributed by atoms with Gasteiger partial charge in [0.2, 0.25) is 0 Å². The van der Waals surface area contributed by atoms with Crippen LogP contribution in [0.2, 0.25) is 0 Å². The fourth-order valence-electron chi connectivity index (χ4n) is 2.76. The quantitative estimate of drug-likeness (QED) is 0.416. The number of aromatic nitrogens is 3. The van der Waals surface area contributed by atoms with Gasteiger partial charge in [0, 0.05) is 23.9 Å². The third kappa shape index (κ3) is 2.17. The first-order valence-corrected chi connectivity index (χ1v) is 7.49. The molecule has 0 atom stereocenters. The van der Waals surface area contributed by atoms with Crippen LogP contribution in [0.15, 0.2) is 46.5 Å². The van der Waals surface area contributed by atoms with Crippen LogP contribution in [0.5, 0.6) is 0 Å². The van der Waals surface area contributed by atoms with Gasteiger partial charge in [0.25, 0.3) is 11.2 Å². The van der Waals surface area contributed by atoms with Gasteiger partial charge in [-0.1, -0.05) is 5.16 Å². The Labute approximate surface area is 140 Å². The molecule has 0 radical (unpaired) electrons. The van der Waals surface area contributed by atoms with E-state index in [0.29, 0.717) is 23.2 Å². The average molecular weight is 337 g/mol. The maximum absolute atomic E-state index is 12.9. The van der Waals surface area contributed by atoms with Crippen molar-refractivity contribution >= 4 is 22.4 Å². The summed E-state index contributed by atoms with van der Waals surface area (Å²) in [6.45, 7) is 2.07. The third-order valence-corrected chi connectivity index (χ3v) is 3.83. The highest BCUT2D eigenvalue weighted by atomic mass is 16.6. The van der Waals surface area contributed by atoms with Crippen LogP contribution in [0.1, 0.15) is 18.3 Å². The molecule has 0 bridgehead atoms. The van der Waals surface area contributed by atoms with E-state index in [9.17, 15) is 14.9 Å². The highest BCUT2D eigenvalue weighted by Crippen LogP contribution is 2.30. The van der Waals surface area contributed by atoms with Crippen LogP contribution in [0.25, 0.3) is 16.7 Å². The molecule has 0 fully saturated rings. The Balaban J connectivity index is 2.09. The molecule has 1 aromatic carbocycles. The van der Waals surface area contributed by atoms with E-state index in [1.165, 1.54) is 29.0 Å². The minimum Gasteiger partial charge on any atom is -0.396 e. The fraction of sp³-hybridized carbons (Fsp3) is 0.125. The standard InChI is InChI=1S/C16H11N5O4/c1-2-25-19-13-11-8-9(21(23)24)5-6-12(11)20-15(13)18-14-10(16(20)22)4-3-7-17-14/h3-8H,2H2,1H3/b19-13+. The maximum Gasteiger partial charge on any atom is 0.270 e. The molecule has 9 heteroatoms. The first kappa shape index (κ1) is 14.9. The van der Waals surface area contributed by atoms with E-state index in [4.69, 9.17) is 4.84 Å². The number of rotatable bonds is 3. The monoisotopic (exact) mass is 337 g/mol. The molecule has 0 saturated heterocycles. The summed E-state index contributed by atoms with van der Waals surface area (Å²) in [5.74, 6) is 0.250. The second-order valence-corrected chi connectivity index (χ2v) is 5.27. The predicted octanol–water partition coefficient (Wildman–Crippen LogP) is 1.79. The van der Waals surface area contributed by atoms with E-state index < -0.39 is 4.92 Å². The second kappa shape index (κ2) is 5.48. The molecule has 1 aliphatic rings. The van der Waals surface area contributed by atoms with Gasteiger partial charge >= 0.3 is 0 Å². The summed E-state index contributed by atoms with van der Waals surface area (Å²) >= 11 is 0. The summed E-state index contributed by atoms with van der Waals surface area (Å²) in [7, 11) is 0. The van der Waals surface area contributed by atoms with Crippen molar-refractivity contribution in [3.05, 3.63) is 68.4 Å². The van der Waals surface area contributed by atoms with Crippen LogP contribution in [0, 0.1) is 10.1 Å². The Morgan fingerprint density at radius 1 is 1.36 bits per heavy atom. The molecule has 0 amide bonds. The van der Waals surface area contributed by atoms with Crippen LogP contribution in [0.4, 0.5) is 5.69 Å². The van der Waals surface area contributed by atoms with Crippen molar-refractivity contribution in [3.8, 4) is 5.69 Å². The van der Waals surface area contributed by atoms with Gasteiger partial charge in [-0.05, 0) is 25.1 Å². The summed E-state index contributed by atoms with van der Waals surface area (Å²) in [5.41, 5.74) is 1.02. The Hall–Kier alpha value is -3.62. The molecule has 1 aliphatic heterocycles. The Morgan fingerprint density at radius 3 is 2.96 bits per heavy atom. The Morgan fingerprint density at radius 2 is 2.20 bits per heavy atom. The first-order valence-electron chi connectivity index (χ1n) is 7.49. The van der Waals surface area contributed by atoms with E-state index in [2.05, 4.69) is 15.1 Å². The highest BCUT2D eigenvalue weighted by molar-refractivity contribution is 6.16. The van der Waals surface area contributed by atoms with Crippen LogP contribution >= 0.6 is 0 Å². The summed E-state index contributed by atoms with van der Waals surface area (Å²) in [6.07, 6.45) is 1.54. The van der Waals surface area contributed by atoms with Gasteiger partial charge in [-0.2, -0.15) is 0 Å². The minimum atomic E-state index is -0.504. The lowest BCUT2D eigenvalue weighted by molar-refractivity contribution is -0.384. The molecule has 0 N–H and O–H groups in total. The Bertz CT molecular complexity index is 1120. The molecular formula is C16H11N5O4. The van der Waals surface area contributed by atoms with Gasteiger partial charge in [-0.15, -0.1) is 0 Å². The normalized spacial score (nSPS) is 13.7. The zero-order valence-electron chi connectivity index (χ0n) is 13.0. The third-order valence-electron chi connectivity index (χ3n) is 3.83. The van der Waals surface area contributed by atoms with Crippen LogP contribution in [-0.4, -0.2) is 31.8 Å². The minimum absolute atomic E-state index is 0.105. The number of benzene rings is 1. The average Bonchev–Trinajstić information content (AvgIpc) is 2.93. The highest BCUT2D eigenvalue weighted by Gasteiger charge is 2.31. The van der Waals surface area contributed by atoms with Crippen molar-refractivity contribution in [2.45, 2.75) is 6.92 Å². The molecule has 0 unspecified atom stereocenters. The number of pyridine rings is 1. The van der Waals surface area contributed by atoms with Gasteiger partial charge in [0.05, 0.1) is 16.0 Å². The number of hydrogen-bond donors (Lipinski definition) is 0. The Kier molecular flexibility index (Phi) is 3.27. The number of nitro benzene ring substituents is 1. The SMILES string of the molecule is CCO/N=C1\c2cc([N+](=O)[O-])ccc2-n2c1nc1ncccc1c2=O. The largest absolute Gasteiger partial charge is 0.396 e. The van der Waals surface area contributed by atoms with Crippen molar-refractivity contribution < 1.29 is 9.76 Å². The molecule has 124 valence electrons. The molecule has 4 rings (SSSR count). The van der Waals surface area contributed by atoms with Crippen molar-refractivity contribution in [1.29, 1.82) is 0 Å². The summed E-state index contributed by atoms with van der Waals surface area (Å²) in [4.78, 5) is 37.1. The number of nitrogens with zero attached hydrogens (tertiary/aromatic N) is 5. The number of hydrogen-bond acceptors (Lipinski definition) is 7. The molecule has 2 aromatic heterocycles. The fourth-order valence-corrected chi connectivity index (χ4v) is 2.76. The smallest absolute Gasteiger partial charge is 0.270 e. The van der Waals surface area contributed by atoms with Gasteiger partial charge in [0.15, 0.2) is 17.2 Å². The maximum atomic E-state index is 12.9. The zero-order valence-corrected chi connectivity index (χ0v) is 13.0. The van der Waals surface area contributed by atoms with Gasteiger partial charge in [-0.25, -0.2) is 9.97 Å². The first-order chi connectivity index (χ1) is 12.1. The second-order valence-electron chi connectivity index (χ2n) is 5.27. The molecule has 3 heterocycles. The van der Waals surface area contributed by atoms with Gasteiger partial charge in [0.1, 0.15) is 6.61 Å². The molecule has 25 heavy (non-hydrogen) atoms. The van der Waals surface area contributed by atoms with Crippen molar-refractivity contribution in [1.82, 2.24) is 14.5 Å². The predicted molar refractivity (Wildman–Crippen MR) is 89.1 cm³/mol. The van der Waals surface area contributed by atoms with E-state index in [1.54, 1.807) is 19.1 Å². The summed E-state index contributed by atoms with van der Waals surface area (Å²) in [5, 5.41) is 15.5. The summed E-state index contributed by atoms with van der Waals surface area (Å²) < 4.78 is 1.38. The zero-order chi connectivity index (χ0) is 17.6. The van der Waals surface area contributed by atoms with Gasteiger partial charge < -0.3 is 4.84 Å². The van der Waals surface area contributed by atoms with E-state index in [1.807, 2.05) is 0 Å². The molecule has 0 spiro atoms. The topological polar surface area (TPSA) is 113 Å². The number of nitro groups is 1. The van der Waals surface area contributed by atoms with Crippen LogP contribution < -0.4 is 5.56 Å². The van der Waals surface area contributed by atoms with Gasteiger partial charge in [-0.3, -0.25) is 19.5 Å². The molecule has 9 nitrogen and oxygen atoms in total. The molecule has 3 aromatic rings. The lowest BCUT2D eigenvalue weighted by Crippen LogP contribution is -2.22. The number of fused-ring (bicyclic) bond motifs is 4. The molecule has 0 saturated carbocycles.